The normalized spacial score (nSPS) is 15.0. The maximum atomic E-state index is 12.0. The lowest BCUT2D eigenvalue weighted by Gasteiger charge is -2.12. The molecule has 0 unspecified atom stereocenters. The number of nitrogens with one attached hydrogen (secondary N) is 2. The standard InChI is InChI=1S/C16H17N3O2/c20-15(18-12-7-1-2-8-12)16(21)19-13-9-3-5-11-6-4-10-17-14(11)13/h3-6,9-10,12H,1-2,7-8H2,(H,18,20)(H,19,21). The Balaban J connectivity index is 1.72. The molecule has 108 valence electrons. The summed E-state index contributed by atoms with van der Waals surface area (Å²) in [6, 6.07) is 9.37. The molecule has 0 radical (unpaired) electrons. The van der Waals surface area contributed by atoms with Crippen molar-refractivity contribution in [1.82, 2.24) is 10.3 Å². The summed E-state index contributed by atoms with van der Waals surface area (Å²) in [5.74, 6) is -1.21. The van der Waals surface area contributed by atoms with E-state index in [1.165, 1.54) is 0 Å². The molecule has 21 heavy (non-hydrogen) atoms. The number of para-hydroxylation sites is 1. The topological polar surface area (TPSA) is 71.1 Å². The highest BCUT2D eigenvalue weighted by Gasteiger charge is 2.21. The number of rotatable bonds is 2. The van der Waals surface area contributed by atoms with Crippen molar-refractivity contribution in [3.8, 4) is 0 Å². The van der Waals surface area contributed by atoms with E-state index in [1.54, 1.807) is 12.3 Å². The molecule has 2 aromatic rings. The van der Waals surface area contributed by atoms with Gasteiger partial charge in [0.15, 0.2) is 0 Å². The van der Waals surface area contributed by atoms with Crippen LogP contribution in [0, 0.1) is 0 Å². The Hall–Kier alpha value is -2.43. The molecule has 0 spiro atoms. The molecular formula is C16H17N3O2. The third-order valence-corrected chi connectivity index (χ3v) is 3.78. The van der Waals surface area contributed by atoms with Gasteiger partial charge in [-0.05, 0) is 25.0 Å². The van der Waals surface area contributed by atoms with Gasteiger partial charge in [-0.15, -0.1) is 0 Å². The maximum absolute atomic E-state index is 12.0. The molecule has 5 nitrogen and oxygen atoms in total. The Morgan fingerprint density at radius 1 is 1.05 bits per heavy atom. The molecule has 0 bridgehead atoms. The Morgan fingerprint density at radius 3 is 2.62 bits per heavy atom. The summed E-state index contributed by atoms with van der Waals surface area (Å²) >= 11 is 0. The number of benzene rings is 1. The van der Waals surface area contributed by atoms with Crippen LogP contribution in [0.5, 0.6) is 0 Å². The van der Waals surface area contributed by atoms with E-state index < -0.39 is 11.8 Å². The molecule has 5 heteroatoms. The van der Waals surface area contributed by atoms with Crippen molar-refractivity contribution in [2.24, 2.45) is 0 Å². The summed E-state index contributed by atoms with van der Waals surface area (Å²) in [6.07, 6.45) is 5.79. The van der Waals surface area contributed by atoms with Crippen molar-refractivity contribution < 1.29 is 9.59 Å². The highest BCUT2D eigenvalue weighted by Crippen LogP contribution is 2.21. The van der Waals surface area contributed by atoms with Crippen LogP contribution in [0.1, 0.15) is 25.7 Å². The zero-order valence-electron chi connectivity index (χ0n) is 11.6. The Bertz CT molecular complexity index is 673. The van der Waals surface area contributed by atoms with Gasteiger partial charge in [0.2, 0.25) is 0 Å². The minimum absolute atomic E-state index is 0.133. The number of fused-ring (bicyclic) bond motifs is 1. The van der Waals surface area contributed by atoms with E-state index in [1.807, 2.05) is 24.3 Å². The molecule has 1 aliphatic carbocycles. The Kier molecular flexibility index (Phi) is 3.81. The lowest BCUT2D eigenvalue weighted by atomic mass is 10.2. The second kappa shape index (κ2) is 5.91. The third-order valence-electron chi connectivity index (χ3n) is 3.78. The van der Waals surface area contributed by atoms with Gasteiger partial charge < -0.3 is 10.6 Å². The van der Waals surface area contributed by atoms with Crippen LogP contribution in [0.3, 0.4) is 0 Å². The molecule has 1 aliphatic rings. The van der Waals surface area contributed by atoms with Gasteiger partial charge in [0, 0.05) is 17.6 Å². The quantitative estimate of drug-likeness (QED) is 0.830. The van der Waals surface area contributed by atoms with E-state index in [2.05, 4.69) is 15.6 Å². The van der Waals surface area contributed by atoms with Crippen LogP contribution in [-0.2, 0) is 9.59 Å². The number of pyridine rings is 1. The largest absolute Gasteiger partial charge is 0.345 e. The summed E-state index contributed by atoms with van der Waals surface area (Å²) < 4.78 is 0. The summed E-state index contributed by atoms with van der Waals surface area (Å²) in [7, 11) is 0. The highest BCUT2D eigenvalue weighted by atomic mass is 16.2. The second-order valence-corrected chi connectivity index (χ2v) is 5.29. The number of hydrogen-bond acceptors (Lipinski definition) is 3. The number of aromatic nitrogens is 1. The van der Waals surface area contributed by atoms with Gasteiger partial charge in [-0.25, -0.2) is 0 Å². The summed E-state index contributed by atoms with van der Waals surface area (Å²) in [5, 5.41) is 6.34. The molecule has 1 fully saturated rings. The van der Waals surface area contributed by atoms with E-state index in [9.17, 15) is 9.59 Å². The lowest BCUT2D eigenvalue weighted by Crippen LogP contribution is -2.40. The molecule has 1 saturated carbocycles. The molecule has 0 atom stereocenters. The average Bonchev–Trinajstić information content (AvgIpc) is 3.00. The van der Waals surface area contributed by atoms with Gasteiger partial charge in [0.25, 0.3) is 0 Å². The predicted octanol–water partition coefficient (Wildman–Crippen LogP) is 2.23. The number of amides is 2. The van der Waals surface area contributed by atoms with Gasteiger partial charge in [-0.3, -0.25) is 14.6 Å². The number of hydrogen-bond donors (Lipinski definition) is 2. The van der Waals surface area contributed by atoms with Gasteiger partial charge in [-0.2, -0.15) is 0 Å². The number of nitrogens with zero attached hydrogens (tertiary/aromatic N) is 1. The van der Waals surface area contributed by atoms with Crippen molar-refractivity contribution in [2.75, 3.05) is 5.32 Å². The van der Waals surface area contributed by atoms with Crippen LogP contribution < -0.4 is 10.6 Å². The molecule has 3 rings (SSSR count). The van der Waals surface area contributed by atoms with Crippen LogP contribution in [0.15, 0.2) is 36.5 Å². The van der Waals surface area contributed by atoms with Crippen LogP contribution in [0.4, 0.5) is 5.69 Å². The zero-order chi connectivity index (χ0) is 14.7. The van der Waals surface area contributed by atoms with E-state index >= 15 is 0 Å². The summed E-state index contributed by atoms with van der Waals surface area (Å²) in [6.45, 7) is 0. The smallest absolute Gasteiger partial charge is 0.313 e. The number of carbonyl (C=O) groups excluding carboxylic acids is 2. The van der Waals surface area contributed by atoms with E-state index in [-0.39, 0.29) is 6.04 Å². The number of anilines is 1. The first-order valence-corrected chi connectivity index (χ1v) is 7.19. The van der Waals surface area contributed by atoms with Crippen molar-refractivity contribution >= 4 is 28.4 Å². The summed E-state index contributed by atoms with van der Waals surface area (Å²) in [5.41, 5.74) is 1.24. The molecule has 1 aromatic heterocycles. The van der Waals surface area contributed by atoms with Crippen LogP contribution in [-0.4, -0.2) is 22.8 Å². The molecule has 1 aromatic carbocycles. The third kappa shape index (κ3) is 3.02. The van der Waals surface area contributed by atoms with E-state index in [0.717, 1.165) is 31.1 Å². The lowest BCUT2D eigenvalue weighted by molar-refractivity contribution is -0.136. The van der Waals surface area contributed by atoms with Crippen LogP contribution in [0.25, 0.3) is 10.9 Å². The first kappa shape index (κ1) is 13.5. The molecular weight excluding hydrogens is 266 g/mol. The fourth-order valence-corrected chi connectivity index (χ4v) is 2.71. The molecule has 2 N–H and O–H groups in total. The molecule has 0 saturated heterocycles. The van der Waals surface area contributed by atoms with Gasteiger partial charge in [0.05, 0.1) is 11.2 Å². The molecule has 0 aliphatic heterocycles. The monoisotopic (exact) mass is 283 g/mol. The van der Waals surface area contributed by atoms with Crippen LogP contribution >= 0.6 is 0 Å². The number of carbonyl (C=O) groups is 2. The van der Waals surface area contributed by atoms with E-state index in [0.29, 0.717) is 11.2 Å². The van der Waals surface area contributed by atoms with E-state index in [4.69, 9.17) is 0 Å². The predicted molar refractivity (Wildman–Crippen MR) is 80.8 cm³/mol. The first-order valence-electron chi connectivity index (χ1n) is 7.19. The molecule has 2 amide bonds. The van der Waals surface area contributed by atoms with Crippen LogP contribution in [0.2, 0.25) is 0 Å². The van der Waals surface area contributed by atoms with Crippen molar-refractivity contribution in [2.45, 2.75) is 31.7 Å². The molecule has 1 heterocycles. The van der Waals surface area contributed by atoms with Gasteiger partial charge in [-0.1, -0.05) is 31.0 Å². The SMILES string of the molecule is O=C(Nc1cccc2cccnc12)C(=O)NC1CCCC1. The van der Waals surface area contributed by atoms with Crippen molar-refractivity contribution in [3.05, 3.63) is 36.5 Å². The zero-order valence-corrected chi connectivity index (χ0v) is 11.6. The van der Waals surface area contributed by atoms with Crippen molar-refractivity contribution in [1.29, 1.82) is 0 Å². The second-order valence-electron chi connectivity index (χ2n) is 5.29. The van der Waals surface area contributed by atoms with Crippen molar-refractivity contribution in [3.63, 3.8) is 0 Å². The minimum atomic E-state index is -0.639. The Labute approximate surface area is 122 Å². The fraction of sp³-hybridized carbons (Fsp3) is 0.312. The average molecular weight is 283 g/mol. The maximum Gasteiger partial charge on any atom is 0.313 e. The van der Waals surface area contributed by atoms with Gasteiger partial charge in [0.1, 0.15) is 0 Å². The minimum Gasteiger partial charge on any atom is -0.345 e. The van der Waals surface area contributed by atoms with Gasteiger partial charge >= 0.3 is 11.8 Å². The summed E-state index contributed by atoms with van der Waals surface area (Å²) in [4.78, 5) is 28.1. The highest BCUT2D eigenvalue weighted by molar-refractivity contribution is 6.40. The first-order chi connectivity index (χ1) is 10.2. The fourth-order valence-electron chi connectivity index (χ4n) is 2.71. The Morgan fingerprint density at radius 2 is 1.81 bits per heavy atom.